The van der Waals surface area contributed by atoms with Crippen molar-refractivity contribution >= 4 is 26.0 Å². The van der Waals surface area contributed by atoms with E-state index >= 15 is 0 Å². The number of hydrogen-bond acceptors (Lipinski definition) is 5. The second-order valence-electron chi connectivity index (χ2n) is 8.65. The number of rotatable bonds is 5. The number of nitrogens with zero attached hydrogens (tertiary/aromatic N) is 3. The summed E-state index contributed by atoms with van der Waals surface area (Å²) in [4.78, 5) is 14.7. The number of sulfonamides is 2. The lowest BCUT2D eigenvalue weighted by atomic mass is 9.88. The molecule has 1 aliphatic carbocycles. The molecular formula is C21H31N3O5S2. The van der Waals surface area contributed by atoms with Crippen LogP contribution < -0.4 is 0 Å². The van der Waals surface area contributed by atoms with Gasteiger partial charge in [-0.05, 0) is 49.9 Å². The Morgan fingerprint density at radius 1 is 0.645 bits per heavy atom. The average Bonchev–Trinajstić information content (AvgIpc) is 3.35. The van der Waals surface area contributed by atoms with E-state index in [0.717, 1.165) is 38.5 Å². The molecule has 8 nitrogen and oxygen atoms in total. The summed E-state index contributed by atoms with van der Waals surface area (Å²) in [5, 5.41) is 0. The normalized spacial score (nSPS) is 22.6. The van der Waals surface area contributed by atoms with Gasteiger partial charge in [0.2, 0.25) is 26.0 Å². The highest BCUT2D eigenvalue weighted by Crippen LogP contribution is 2.27. The molecule has 31 heavy (non-hydrogen) atoms. The Morgan fingerprint density at radius 3 is 1.58 bits per heavy atom. The molecule has 3 fully saturated rings. The highest BCUT2D eigenvalue weighted by molar-refractivity contribution is 7.89. The quantitative estimate of drug-likeness (QED) is 0.656. The maximum atomic E-state index is 13.0. The second-order valence-corrected chi connectivity index (χ2v) is 12.5. The van der Waals surface area contributed by atoms with Crippen LogP contribution in [-0.4, -0.2) is 75.5 Å². The fourth-order valence-electron chi connectivity index (χ4n) is 4.77. The SMILES string of the molecule is O=C(C1CCCCC1)N1CCN(S(=O)(=O)c2ccc(S(=O)(=O)N3CCCC3)cc2)CC1. The highest BCUT2D eigenvalue weighted by Gasteiger charge is 2.33. The Morgan fingerprint density at radius 2 is 1.10 bits per heavy atom. The summed E-state index contributed by atoms with van der Waals surface area (Å²) in [6.07, 6.45) is 6.94. The first-order chi connectivity index (χ1) is 14.8. The topological polar surface area (TPSA) is 95.1 Å². The molecule has 1 saturated carbocycles. The Bertz CT molecular complexity index is 988. The zero-order valence-corrected chi connectivity index (χ0v) is 19.4. The van der Waals surface area contributed by atoms with Crippen LogP contribution in [0.5, 0.6) is 0 Å². The van der Waals surface area contributed by atoms with Gasteiger partial charge in [-0.1, -0.05) is 19.3 Å². The molecule has 2 aliphatic heterocycles. The molecule has 4 rings (SSSR count). The molecule has 1 amide bonds. The van der Waals surface area contributed by atoms with Crippen LogP contribution in [0.25, 0.3) is 0 Å². The molecule has 1 aromatic rings. The van der Waals surface area contributed by atoms with Crippen molar-refractivity contribution in [3.8, 4) is 0 Å². The van der Waals surface area contributed by atoms with Crippen molar-refractivity contribution < 1.29 is 21.6 Å². The number of piperazine rings is 1. The van der Waals surface area contributed by atoms with Gasteiger partial charge in [0.05, 0.1) is 9.79 Å². The van der Waals surface area contributed by atoms with E-state index in [-0.39, 0.29) is 34.7 Å². The van der Waals surface area contributed by atoms with Gasteiger partial charge in [0.25, 0.3) is 0 Å². The lowest BCUT2D eigenvalue weighted by Crippen LogP contribution is -2.52. The molecule has 1 aromatic carbocycles. The van der Waals surface area contributed by atoms with Gasteiger partial charge >= 0.3 is 0 Å². The molecule has 10 heteroatoms. The molecule has 0 radical (unpaired) electrons. The largest absolute Gasteiger partial charge is 0.340 e. The van der Waals surface area contributed by atoms with Crippen molar-refractivity contribution in [2.75, 3.05) is 39.3 Å². The van der Waals surface area contributed by atoms with Crippen LogP contribution in [0.4, 0.5) is 0 Å². The maximum absolute atomic E-state index is 13.0. The Balaban J connectivity index is 1.40. The van der Waals surface area contributed by atoms with Crippen molar-refractivity contribution in [1.29, 1.82) is 0 Å². The van der Waals surface area contributed by atoms with Gasteiger partial charge in [-0.3, -0.25) is 4.79 Å². The third kappa shape index (κ3) is 4.67. The third-order valence-corrected chi connectivity index (χ3v) is 10.5. The molecule has 0 aromatic heterocycles. The zero-order valence-electron chi connectivity index (χ0n) is 17.8. The number of carbonyl (C=O) groups excluding carboxylic acids is 1. The molecule has 0 unspecified atom stereocenters. The molecule has 0 atom stereocenters. The predicted molar refractivity (Wildman–Crippen MR) is 116 cm³/mol. The summed E-state index contributed by atoms with van der Waals surface area (Å²) in [5.41, 5.74) is 0. The van der Waals surface area contributed by atoms with Gasteiger partial charge in [0.15, 0.2) is 0 Å². The summed E-state index contributed by atoms with van der Waals surface area (Å²) < 4.78 is 54.2. The first kappa shape index (κ1) is 22.7. The minimum absolute atomic E-state index is 0.0833. The van der Waals surface area contributed by atoms with Crippen LogP contribution in [0.15, 0.2) is 34.1 Å². The molecule has 2 heterocycles. The fourth-order valence-corrected chi connectivity index (χ4v) is 7.71. The lowest BCUT2D eigenvalue weighted by molar-refractivity contribution is -0.137. The fraction of sp³-hybridized carbons (Fsp3) is 0.667. The van der Waals surface area contributed by atoms with Crippen LogP contribution in [-0.2, 0) is 24.8 Å². The summed E-state index contributed by atoms with van der Waals surface area (Å²) in [6, 6.07) is 5.50. The predicted octanol–water partition coefficient (Wildman–Crippen LogP) is 1.88. The first-order valence-electron chi connectivity index (χ1n) is 11.2. The van der Waals surface area contributed by atoms with E-state index in [1.165, 1.54) is 39.3 Å². The standard InChI is InChI=1S/C21H31N3O5S2/c25-21(18-6-2-1-3-7-18)22-14-16-24(17-15-22)31(28,29)20-10-8-19(9-11-20)30(26,27)23-12-4-5-13-23/h8-11,18H,1-7,12-17H2. The van der Waals surface area contributed by atoms with Crippen LogP contribution in [0.3, 0.4) is 0 Å². The van der Waals surface area contributed by atoms with E-state index in [1.54, 1.807) is 4.90 Å². The van der Waals surface area contributed by atoms with E-state index in [2.05, 4.69) is 0 Å². The third-order valence-electron chi connectivity index (χ3n) is 6.67. The minimum atomic E-state index is -3.73. The van der Waals surface area contributed by atoms with E-state index in [9.17, 15) is 21.6 Å². The van der Waals surface area contributed by atoms with Crippen molar-refractivity contribution in [2.24, 2.45) is 5.92 Å². The van der Waals surface area contributed by atoms with E-state index in [4.69, 9.17) is 0 Å². The van der Waals surface area contributed by atoms with Gasteiger partial charge in [-0.2, -0.15) is 8.61 Å². The number of amides is 1. The smallest absolute Gasteiger partial charge is 0.243 e. The van der Waals surface area contributed by atoms with Gasteiger partial charge in [-0.15, -0.1) is 0 Å². The van der Waals surface area contributed by atoms with E-state index < -0.39 is 20.0 Å². The number of hydrogen-bond donors (Lipinski definition) is 0. The molecule has 2 saturated heterocycles. The second kappa shape index (κ2) is 9.17. The molecule has 0 bridgehead atoms. The molecule has 0 N–H and O–H groups in total. The first-order valence-corrected chi connectivity index (χ1v) is 14.1. The van der Waals surface area contributed by atoms with Gasteiger partial charge < -0.3 is 4.90 Å². The van der Waals surface area contributed by atoms with Crippen LogP contribution >= 0.6 is 0 Å². The highest BCUT2D eigenvalue weighted by atomic mass is 32.2. The van der Waals surface area contributed by atoms with E-state index in [0.29, 0.717) is 26.2 Å². The molecule has 172 valence electrons. The summed E-state index contributed by atoms with van der Waals surface area (Å²) in [7, 11) is -7.30. The molecule has 3 aliphatic rings. The lowest BCUT2D eigenvalue weighted by Gasteiger charge is -2.36. The Kier molecular flexibility index (Phi) is 6.71. The summed E-state index contributed by atoms with van der Waals surface area (Å²) in [6.45, 7) is 2.33. The number of carbonyl (C=O) groups is 1. The van der Waals surface area contributed by atoms with Crippen molar-refractivity contribution in [3.05, 3.63) is 24.3 Å². The summed E-state index contributed by atoms with van der Waals surface area (Å²) in [5.74, 6) is 0.246. The van der Waals surface area contributed by atoms with Crippen LogP contribution in [0, 0.1) is 5.92 Å². The minimum Gasteiger partial charge on any atom is -0.340 e. The molecule has 0 spiro atoms. The van der Waals surface area contributed by atoms with Gasteiger partial charge in [-0.25, -0.2) is 16.8 Å². The van der Waals surface area contributed by atoms with Crippen LogP contribution in [0.2, 0.25) is 0 Å². The van der Waals surface area contributed by atoms with Crippen LogP contribution in [0.1, 0.15) is 44.9 Å². The monoisotopic (exact) mass is 469 g/mol. The van der Waals surface area contributed by atoms with Crippen molar-refractivity contribution in [3.63, 3.8) is 0 Å². The summed E-state index contributed by atoms with van der Waals surface area (Å²) >= 11 is 0. The van der Waals surface area contributed by atoms with Gasteiger partial charge in [0, 0.05) is 45.2 Å². The Hall–Kier alpha value is -1.49. The van der Waals surface area contributed by atoms with E-state index in [1.807, 2.05) is 0 Å². The average molecular weight is 470 g/mol. The Labute approximate surface area is 185 Å². The maximum Gasteiger partial charge on any atom is 0.243 e. The van der Waals surface area contributed by atoms with Crippen molar-refractivity contribution in [2.45, 2.75) is 54.7 Å². The van der Waals surface area contributed by atoms with Gasteiger partial charge in [0.1, 0.15) is 0 Å². The van der Waals surface area contributed by atoms with Crippen molar-refractivity contribution in [1.82, 2.24) is 13.5 Å². The molecular weight excluding hydrogens is 438 g/mol. The number of benzene rings is 1. The zero-order chi connectivity index (χ0) is 22.1.